The molecule has 3 heteroatoms. The van der Waals surface area contributed by atoms with Gasteiger partial charge in [-0.3, -0.25) is 0 Å². The summed E-state index contributed by atoms with van der Waals surface area (Å²) in [6.07, 6.45) is 8.39. The minimum atomic E-state index is -0.728. The maximum Gasteiger partial charge on any atom is 0.137 e. The van der Waals surface area contributed by atoms with Crippen LogP contribution in [0, 0.1) is 12.3 Å². The zero-order chi connectivity index (χ0) is 9.97. The number of aromatic amines is 1. The largest absolute Gasteiger partial charge is 0.380 e. The van der Waals surface area contributed by atoms with E-state index in [2.05, 4.69) is 15.9 Å². The van der Waals surface area contributed by atoms with Crippen molar-refractivity contribution in [1.82, 2.24) is 9.97 Å². The van der Waals surface area contributed by atoms with Gasteiger partial charge in [0.05, 0.1) is 0 Å². The molecule has 2 aromatic rings. The molecule has 0 bridgehead atoms. The lowest BCUT2D eigenvalue weighted by Gasteiger charge is -2.00. The first-order valence-electron chi connectivity index (χ1n) is 4.36. The second kappa shape index (κ2) is 3.52. The van der Waals surface area contributed by atoms with Gasteiger partial charge in [0.1, 0.15) is 11.8 Å². The molecule has 0 aliphatic heterocycles. The summed E-state index contributed by atoms with van der Waals surface area (Å²) < 4.78 is 0. The number of fused-ring (bicyclic) bond motifs is 1. The van der Waals surface area contributed by atoms with Crippen molar-refractivity contribution in [3.63, 3.8) is 0 Å². The van der Waals surface area contributed by atoms with Crippen LogP contribution < -0.4 is 0 Å². The van der Waals surface area contributed by atoms with E-state index < -0.39 is 6.10 Å². The second-order valence-electron chi connectivity index (χ2n) is 3.10. The van der Waals surface area contributed by atoms with E-state index >= 15 is 0 Å². The average molecular weight is 186 g/mol. The number of nitrogens with one attached hydrogen (secondary N) is 1. The predicted molar refractivity (Wildman–Crippen MR) is 54.6 cm³/mol. The number of nitrogens with zero attached hydrogens (tertiary/aromatic N) is 1. The first-order chi connectivity index (χ1) is 6.81. The number of aliphatic hydroxyl groups excluding tert-OH is 1. The van der Waals surface area contributed by atoms with Crippen molar-refractivity contribution >= 4 is 11.0 Å². The van der Waals surface area contributed by atoms with Crippen LogP contribution in [0.15, 0.2) is 24.5 Å². The van der Waals surface area contributed by atoms with Crippen LogP contribution in [-0.4, -0.2) is 21.2 Å². The fourth-order valence-electron chi connectivity index (χ4n) is 1.45. The van der Waals surface area contributed by atoms with Crippen LogP contribution in [0.3, 0.4) is 0 Å². The summed E-state index contributed by atoms with van der Waals surface area (Å²) in [5, 5.41) is 10.3. The molecule has 14 heavy (non-hydrogen) atoms. The Hall–Kier alpha value is -1.79. The molecule has 2 aromatic heterocycles. The summed E-state index contributed by atoms with van der Waals surface area (Å²) in [4.78, 5) is 7.17. The normalized spacial score (nSPS) is 12.6. The quantitative estimate of drug-likeness (QED) is 0.690. The van der Waals surface area contributed by atoms with E-state index in [-0.39, 0.29) is 0 Å². The Labute approximate surface area is 81.8 Å². The molecule has 0 saturated carbocycles. The van der Waals surface area contributed by atoms with Crippen molar-refractivity contribution < 1.29 is 5.11 Å². The molecular weight excluding hydrogens is 176 g/mol. The number of H-pyrrole nitrogens is 1. The first kappa shape index (κ1) is 8.79. The van der Waals surface area contributed by atoms with Crippen LogP contribution in [0.5, 0.6) is 0 Å². The number of aliphatic hydroxyl groups is 1. The molecule has 0 spiro atoms. The lowest BCUT2D eigenvalue weighted by Crippen LogP contribution is -2.05. The number of rotatable bonds is 2. The molecule has 2 rings (SSSR count). The highest BCUT2D eigenvalue weighted by molar-refractivity contribution is 5.79. The van der Waals surface area contributed by atoms with E-state index in [1.54, 1.807) is 6.20 Å². The van der Waals surface area contributed by atoms with E-state index in [9.17, 15) is 5.11 Å². The number of hydrogen-bond donors (Lipinski definition) is 2. The zero-order valence-corrected chi connectivity index (χ0v) is 7.57. The predicted octanol–water partition coefficient (Wildman–Crippen LogP) is 1.10. The van der Waals surface area contributed by atoms with E-state index in [0.717, 1.165) is 16.6 Å². The van der Waals surface area contributed by atoms with Crippen LogP contribution in [0.4, 0.5) is 0 Å². The molecule has 0 aliphatic rings. The third kappa shape index (κ3) is 1.48. The van der Waals surface area contributed by atoms with Crippen LogP contribution in [0.1, 0.15) is 5.56 Å². The highest BCUT2D eigenvalue weighted by Gasteiger charge is 2.07. The van der Waals surface area contributed by atoms with Gasteiger partial charge in [0.2, 0.25) is 0 Å². The van der Waals surface area contributed by atoms with Crippen molar-refractivity contribution in [2.75, 3.05) is 0 Å². The number of aromatic nitrogens is 2. The van der Waals surface area contributed by atoms with Gasteiger partial charge in [0.25, 0.3) is 0 Å². The van der Waals surface area contributed by atoms with Crippen LogP contribution in [0.25, 0.3) is 11.0 Å². The molecule has 0 saturated heterocycles. The molecule has 0 amide bonds. The molecule has 2 N–H and O–H groups in total. The molecule has 1 unspecified atom stereocenters. The van der Waals surface area contributed by atoms with Gasteiger partial charge in [-0.15, -0.1) is 6.42 Å². The lowest BCUT2D eigenvalue weighted by molar-refractivity contribution is 0.234. The summed E-state index contributed by atoms with van der Waals surface area (Å²) in [6.45, 7) is 0. The number of pyridine rings is 1. The fourth-order valence-corrected chi connectivity index (χ4v) is 1.45. The Bertz CT molecular complexity index is 481. The smallest absolute Gasteiger partial charge is 0.137 e. The topological polar surface area (TPSA) is 48.9 Å². The molecule has 3 nitrogen and oxygen atoms in total. The minimum absolute atomic E-state index is 0.461. The Morgan fingerprint density at radius 2 is 2.50 bits per heavy atom. The maximum absolute atomic E-state index is 9.32. The highest BCUT2D eigenvalue weighted by atomic mass is 16.3. The summed E-state index contributed by atoms with van der Waals surface area (Å²) >= 11 is 0. The van der Waals surface area contributed by atoms with E-state index in [4.69, 9.17) is 6.42 Å². The van der Waals surface area contributed by atoms with Gasteiger partial charge in [-0.2, -0.15) is 0 Å². The van der Waals surface area contributed by atoms with Crippen LogP contribution >= 0.6 is 0 Å². The van der Waals surface area contributed by atoms with Crippen molar-refractivity contribution in [2.45, 2.75) is 12.5 Å². The van der Waals surface area contributed by atoms with Gasteiger partial charge in [-0.1, -0.05) is 5.92 Å². The summed E-state index contributed by atoms with van der Waals surface area (Å²) in [5.41, 5.74) is 1.82. The van der Waals surface area contributed by atoms with E-state index in [1.807, 2.05) is 18.3 Å². The SMILES string of the molecule is C#CC(O)Cc1c[nH]c2ncccc12. The van der Waals surface area contributed by atoms with E-state index in [1.165, 1.54) is 0 Å². The molecule has 1 atom stereocenters. The van der Waals surface area contributed by atoms with Crippen molar-refractivity contribution in [2.24, 2.45) is 0 Å². The Kier molecular flexibility index (Phi) is 2.21. The first-order valence-corrected chi connectivity index (χ1v) is 4.36. The molecule has 2 heterocycles. The van der Waals surface area contributed by atoms with Gasteiger partial charge in [0.15, 0.2) is 0 Å². The molecule has 0 aliphatic carbocycles. The minimum Gasteiger partial charge on any atom is -0.380 e. The molecule has 70 valence electrons. The van der Waals surface area contributed by atoms with E-state index in [0.29, 0.717) is 6.42 Å². The number of terminal acetylenes is 1. The Morgan fingerprint density at radius 3 is 3.29 bits per heavy atom. The second-order valence-corrected chi connectivity index (χ2v) is 3.10. The van der Waals surface area contributed by atoms with Gasteiger partial charge in [-0.05, 0) is 17.7 Å². The Morgan fingerprint density at radius 1 is 1.64 bits per heavy atom. The van der Waals surface area contributed by atoms with Gasteiger partial charge >= 0.3 is 0 Å². The lowest BCUT2D eigenvalue weighted by atomic mass is 10.1. The summed E-state index contributed by atoms with van der Waals surface area (Å²) in [5.74, 6) is 2.29. The maximum atomic E-state index is 9.32. The summed E-state index contributed by atoms with van der Waals surface area (Å²) in [7, 11) is 0. The van der Waals surface area contributed by atoms with Gasteiger partial charge < -0.3 is 10.1 Å². The Balaban J connectivity index is 2.39. The zero-order valence-electron chi connectivity index (χ0n) is 7.57. The molecular formula is C11H10N2O. The van der Waals surface area contributed by atoms with Crippen molar-refractivity contribution in [3.05, 3.63) is 30.1 Å². The van der Waals surface area contributed by atoms with Gasteiger partial charge in [-0.25, -0.2) is 4.98 Å². The van der Waals surface area contributed by atoms with Crippen LogP contribution in [0.2, 0.25) is 0 Å². The summed E-state index contributed by atoms with van der Waals surface area (Å²) in [6, 6.07) is 3.82. The standard InChI is InChI=1S/C11H10N2O/c1-2-9(14)6-8-7-13-11-10(8)4-3-5-12-11/h1,3-5,7,9,14H,6H2,(H,12,13). The van der Waals surface area contributed by atoms with Crippen LogP contribution in [-0.2, 0) is 6.42 Å². The number of hydrogen-bond acceptors (Lipinski definition) is 2. The average Bonchev–Trinajstić information content (AvgIpc) is 2.62. The van der Waals surface area contributed by atoms with Gasteiger partial charge in [0, 0.05) is 24.2 Å². The highest BCUT2D eigenvalue weighted by Crippen LogP contribution is 2.16. The molecule has 0 fully saturated rings. The third-order valence-electron chi connectivity index (χ3n) is 2.14. The van der Waals surface area contributed by atoms with Crippen molar-refractivity contribution in [3.8, 4) is 12.3 Å². The molecule has 0 aromatic carbocycles. The third-order valence-corrected chi connectivity index (χ3v) is 2.14. The monoisotopic (exact) mass is 186 g/mol. The van der Waals surface area contributed by atoms with Crippen molar-refractivity contribution in [1.29, 1.82) is 0 Å². The fraction of sp³-hybridized carbons (Fsp3) is 0.182. The molecule has 0 radical (unpaired) electrons.